The van der Waals surface area contributed by atoms with Gasteiger partial charge in [0.05, 0.1) is 13.2 Å². The number of rotatable bonds is 10. The van der Waals surface area contributed by atoms with Crippen LogP contribution in [0.15, 0.2) is 24.3 Å². The minimum Gasteiger partial charge on any atom is -0.382 e. The number of aryl methyl sites for hydroxylation is 1. The largest absolute Gasteiger partial charge is 0.382 e. The topological polar surface area (TPSA) is 18.5 Å². The predicted molar refractivity (Wildman–Crippen MR) is 86.2 cm³/mol. The van der Waals surface area contributed by atoms with Crippen LogP contribution < -0.4 is 0 Å². The number of hydrogen-bond donors (Lipinski definition) is 0. The Balaban J connectivity index is 2.58. The smallest absolute Gasteiger partial charge is 0.0700 e. The van der Waals surface area contributed by atoms with Crippen LogP contribution in [0.3, 0.4) is 0 Å². The van der Waals surface area contributed by atoms with E-state index in [1.165, 1.54) is 11.1 Å². The highest BCUT2D eigenvalue weighted by Gasteiger charge is 2.30. The van der Waals surface area contributed by atoms with Crippen molar-refractivity contribution in [2.24, 2.45) is 0 Å². The van der Waals surface area contributed by atoms with Crippen molar-refractivity contribution in [3.63, 3.8) is 0 Å². The summed E-state index contributed by atoms with van der Waals surface area (Å²) in [6.07, 6.45) is 1.87. The zero-order valence-electron chi connectivity index (χ0n) is 12.3. The first kappa shape index (κ1) is 17.8. The summed E-state index contributed by atoms with van der Waals surface area (Å²) in [5, 5.41) is 0. The number of benzene rings is 1. The Labute approximate surface area is 132 Å². The molecular weight excluding hydrogens is 295 g/mol. The summed E-state index contributed by atoms with van der Waals surface area (Å²) in [4.78, 5) is 0. The highest BCUT2D eigenvalue weighted by Crippen LogP contribution is 2.33. The summed E-state index contributed by atoms with van der Waals surface area (Å²) < 4.78 is 10.5. The minimum absolute atomic E-state index is 0.167. The molecule has 2 nitrogen and oxygen atoms in total. The van der Waals surface area contributed by atoms with Gasteiger partial charge in [-0.05, 0) is 25.3 Å². The molecule has 0 saturated heterocycles. The van der Waals surface area contributed by atoms with Crippen LogP contribution in [0, 0.1) is 6.92 Å². The molecule has 0 aliphatic carbocycles. The summed E-state index contributed by atoms with van der Waals surface area (Å²) in [6, 6.07) is 8.44. The lowest BCUT2D eigenvalue weighted by Gasteiger charge is -2.30. The van der Waals surface area contributed by atoms with Gasteiger partial charge in [-0.15, -0.1) is 23.2 Å². The Morgan fingerprint density at radius 2 is 1.85 bits per heavy atom. The van der Waals surface area contributed by atoms with Crippen LogP contribution in [0.1, 0.15) is 24.0 Å². The lowest BCUT2D eigenvalue weighted by atomic mass is 9.79. The van der Waals surface area contributed by atoms with Gasteiger partial charge in [0.25, 0.3) is 0 Å². The Kier molecular flexibility index (Phi) is 8.55. The molecule has 1 aromatic carbocycles. The molecule has 0 saturated carbocycles. The number of methoxy groups -OCH3 is 1. The lowest BCUT2D eigenvalue weighted by Crippen LogP contribution is -2.31. The van der Waals surface area contributed by atoms with E-state index in [9.17, 15) is 0 Å². The van der Waals surface area contributed by atoms with Crippen LogP contribution in [0.5, 0.6) is 0 Å². The van der Waals surface area contributed by atoms with Crippen molar-refractivity contribution in [2.45, 2.75) is 25.2 Å². The number of hydrogen-bond acceptors (Lipinski definition) is 2. The molecule has 0 spiro atoms. The molecule has 20 heavy (non-hydrogen) atoms. The molecule has 0 fully saturated rings. The van der Waals surface area contributed by atoms with E-state index in [2.05, 4.69) is 31.2 Å². The molecule has 1 aromatic rings. The molecule has 0 aliphatic heterocycles. The van der Waals surface area contributed by atoms with Gasteiger partial charge in [0.1, 0.15) is 0 Å². The Bertz CT molecular complexity index is 378. The van der Waals surface area contributed by atoms with E-state index in [1.807, 2.05) is 0 Å². The lowest BCUT2D eigenvalue weighted by molar-refractivity contribution is 0.0670. The maximum Gasteiger partial charge on any atom is 0.0700 e. The molecular formula is C16H24Cl2O2. The minimum atomic E-state index is -0.167. The van der Waals surface area contributed by atoms with Crippen molar-refractivity contribution in [1.82, 2.24) is 0 Å². The molecule has 0 atom stereocenters. The second-order valence-electron chi connectivity index (χ2n) is 5.13. The van der Waals surface area contributed by atoms with Crippen molar-refractivity contribution < 1.29 is 9.47 Å². The molecule has 0 unspecified atom stereocenters. The van der Waals surface area contributed by atoms with Crippen LogP contribution in [0.4, 0.5) is 0 Å². The van der Waals surface area contributed by atoms with E-state index in [0.717, 1.165) is 12.8 Å². The average Bonchev–Trinajstić information content (AvgIpc) is 2.47. The third-order valence-corrected chi connectivity index (χ3v) is 4.54. The Morgan fingerprint density at radius 1 is 1.10 bits per heavy atom. The van der Waals surface area contributed by atoms with Gasteiger partial charge in [-0.3, -0.25) is 0 Å². The maximum atomic E-state index is 6.23. The van der Waals surface area contributed by atoms with E-state index in [0.29, 0.717) is 31.6 Å². The molecule has 114 valence electrons. The fourth-order valence-electron chi connectivity index (χ4n) is 2.20. The fourth-order valence-corrected chi connectivity index (χ4v) is 3.06. The third-order valence-electron chi connectivity index (χ3n) is 3.52. The summed E-state index contributed by atoms with van der Waals surface area (Å²) in [5.41, 5.74) is 2.29. The predicted octanol–water partition coefficient (Wildman–Crippen LogP) is 4.15. The first-order chi connectivity index (χ1) is 9.68. The Hall–Kier alpha value is -0.280. The molecule has 0 amide bonds. The van der Waals surface area contributed by atoms with Gasteiger partial charge < -0.3 is 9.47 Å². The standard InChI is InChI=1S/C16H24Cl2O2/c1-14-5-3-6-15(11-14)16(12-17,13-18)7-4-8-20-10-9-19-2/h3,5-6,11H,4,7-10,12-13H2,1-2H3. The SMILES string of the molecule is COCCOCCCC(CCl)(CCl)c1cccc(C)c1. The van der Waals surface area contributed by atoms with Crippen molar-refractivity contribution in [3.05, 3.63) is 35.4 Å². The second kappa shape index (κ2) is 9.62. The van der Waals surface area contributed by atoms with Crippen LogP contribution in [-0.4, -0.2) is 38.7 Å². The van der Waals surface area contributed by atoms with Crippen molar-refractivity contribution in [2.75, 3.05) is 38.7 Å². The van der Waals surface area contributed by atoms with E-state index < -0.39 is 0 Å². The van der Waals surface area contributed by atoms with Crippen LogP contribution in [0.25, 0.3) is 0 Å². The maximum absolute atomic E-state index is 6.23. The first-order valence-corrected chi connectivity index (χ1v) is 8.01. The van der Waals surface area contributed by atoms with Gasteiger partial charge in [0.15, 0.2) is 0 Å². The summed E-state index contributed by atoms with van der Waals surface area (Å²) >= 11 is 12.5. The van der Waals surface area contributed by atoms with Crippen molar-refractivity contribution in [1.29, 1.82) is 0 Å². The van der Waals surface area contributed by atoms with E-state index in [1.54, 1.807) is 7.11 Å². The normalized spacial score (nSPS) is 11.8. The van der Waals surface area contributed by atoms with Gasteiger partial charge >= 0.3 is 0 Å². The average molecular weight is 319 g/mol. The molecule has 0 aliphatic rings. The zero-order valence-corrected chi connectivity index (χ0v) is 13.8. The first-order valence-electron chi connectivity index (χ1n) is 6.94. The Morgan fingerprint density at radius 3 is 2.45 bits per heavy atom. The number of ether oxygens (including phenoxy) is 2. The molecule has 0 radical (unpaired) electrons. The van der Waals surface area contributed by atoms with E-state index in [-0.39, 0.29) is 5.41 Å². The zero-order chi connectivity index (χ0) is 14.8. The summed E-state index contributed by atoms with van der Waals surface area (Å²) in [5.74, 6) is 1.05. The van der Waals surface area contributed by atoms with Gasteiger partial charge in [-0.1, -0.05) is 29.8 Å². The molecule has 0 N–H and O–H groups in total. The second-order valence-corrected chi connectivity index (χ2v) is 5.66. The van der Waals surface area contributed by atoms with Gasteiger partial charge in [-0.25, -0.2) is 0 Å². The fraction of sp³-hybridized carbons (Fsp3) is 0.625. The molecule has 1 rings (SSSR count). The van der Waals surface area contributed by atoms with Gasteiger partial charge in [0.2, 0.25) is 0 Å². The molecule has 0 bridgehead atoms. The highest BCUT2D eigenvalue weighted by atomic mass is 35.5. The summed E-state index contributed by atoms with van der Waals surface area (Å²) in [6.45, 7) is 4.07. The van der Waals surface area contributed by atoms with Crippen LogP contribution in [0.2, 0.25) is 0 Å². The number of alkyl halides is 2. The third kappa shape index (κ3) is 5.25. The van der Waals surface area contributed by atoms with Crippen LogP contribution in [-0.2, 0) is 14.9 Å². The monoisotopic (exact) mass is 318 g/mol. The molecule has 4 heteroatoms. The van der Waals surface area contributed by atoms with Gasteiger partial charge in [0, 0.05) is 30.9 Å². The van der Waals surface area contributed by atoms with E-state index >= 15 is 0 Å². The molecule has 0 aromatic heterocycles. The van der Waals surface area contributed by atoms with Crippen molar-refractivity contribution >= 4 is 23.2 Å². The summed E-state index contributed by atoms with van der Waals surface area (Å²) in [7, 11) is 1.67. The molecule has 0 heterocycles. The highest BCUT2D eigenvalue weighted by molar-refractivity contribution is 6.22. The quantitative estimate of drug-likeness (QED) is 0.476. The van der Waals surface area contributed by atoms with E-state index in [4.69, 9.17) is 32.7 Å². The van der Waals surface area contributed by atoms with Crippen molar-refractivity contribution in [3.8, 4) is 0 Å². The number of halogens is 2. The van der Waals surface area contributed by atoms with Crippen LogP contribution >= 0.6 is 23.2 Å². The van der Waals surface area contributed by atoms with Gasteiger partial charge in [-0.2, -0.15) is 0 Å².